The molecule has 0 atom stereocenters. The minimum atomic E-state index is -1.19. The third-order valence-electron chi connectivity index (χ3n) is 3.48. The highest BCUT2D eigenvalue weighted by molar-refractivity contribution is 6.41. The van der Waals surface area contributed by atoms with Crippen molar-refractivity contribution in [3.8, 4) is 11.5 Å². The molecule has 0 bridgehead atoms. The number of aromatic carboxylic acids is 1. The maximum Gasteiger partial charge on any atom is 0.335 e. The molecule has 1 aliphatic carbocycles. The van der Waals surface area contributed by atoms with E-state index in [9.17, 15) is 24.6 Å². The van der Waals surface area contributed by atoms with Crippen molar-refractivity contribution in [1.82, 2.24) is 0 Å². The number of phenols is 2. The molecule has 0 aromatic heterocycles. The summed E-state index contributed by atoms with van der Waals surface area (Å²) < 4.78 is 0. The maximum atomic E-state index is 12.3. The third kappa shape index (κ3) is 2.46. The topological polar surface area (TPSA) is 112 Å². The molecule has 6 nitrogen and oxygen atoms in total. The molecular formula is C17H10O6. The van der Waals surface area contributed by atoms with Gasteiger partial charge in [0.1, 0.15) is 11.5 Å². The quantitative estimate of drug-likeness (QED) is 0.579. The number of rotatable bonds is 2. The van der Waals surface area contributed by atoms with E-state index >= 15 is 0 Å². The van der Waals surface area contributed by atoms with Crippen LogP contribution in [0.2, 0.25) is 0 Å². The summed E-state index contributed by atoms with van der Waals surface area (Å²) in [4.78, 5) is 35.6. The molecule has 2 aromatic carbocycles. The number of carbonyl (C=O) groups excluding carboxylic acids is 2. The van der Waals surface area contributed by atoms with E-state index in [1.54, 1.807) is 0 Å². The molecule has 23 heavy (non-hydrogen) atoms. The number of ketones is 2. The molecule has 3 rings (SSSR count). The first-order valence-corrected chi connectivity index (χ1v) is 6.58. The summed E-state index contributed by atoms with van der Waals surface area (Å²) in [7, 11) is 0. The molecule has 0 unspecified atom stereocenters. The second-order valence-electron chi connectivity index (χ2n) is 5.06. The van der Waals surface area contributed by atoms with Crippen molar-refractivity contribution < 1.29 is 29.7 Å². The minimum absolute atomic E-state index is 0.0329. The number of carboxylic acids is 1. The lowest BCUT2D eigenvalue weighted by Crippen LogP contribution is -2.01. The maximum absolute atomic E-state index is 12.3. The summed E-state index contributed by atoms with van der Waals surface area (Å²) in [6.45, 7) is 0. The van der Waals surface area contributed by atoms with E-state index in [2.05, 4.69) is 0 Å². The van der Waals surface area contributed by atoms with Gasteiger partial charge in [-0.3, -0.25) is 9.59 Å². The summed E-state index contributed by atoms with van der Waals surface area (Å²) in [6, 6.07) is 7.43. The average Bonchev–Trinajstić information content (AvgIpc) is 2.71. The van der Waals surface area contributed by atoms with E-state index in [-0.39, 0.29) is 39.3 Å². The molecule has 0 fully saturated rings. The van der Waals surface area contributed by atoms with Gasteiger partial charge in [-0.05, 0) is 42.0 Å². The zero-order valence-corrected chi connectivity index (χ0v) is 11.6. The molecule has 0 heterocycles. The Morgan fingerprint density at radius 1 is 0.870 bits per heavy atom. The fourth-order valence-electron chi connectivity index (χ4n) is 2.46. The van der Waals surface area contributed by atoms with Crippen LogP contribution in [-0.4, -0.2) is 32.9 Å². The first kappa shape index (κ1) is 14.5. The molecule has 0 amide bonds. The van der Waals surface area contributed by atoms with Gasteiger partial charge in [0.2, 0.25) is 0 Å². The Balaban J connectivity index is 2.09. The van der Waals surface area contributed by atoms with Gasteiger partial charge in [0.15, 0.2) is 11.6 Å². The lowest BCUT2D eigenvalue weighted by Gasteiger charge is -1.99. The van der Waals surface area contributed by atoms with Gasteiger partial charge in [0.05, 0.1) is 11.1 Å². The van der Waals surface area contributed by atoms with Crippen LogP contribution in [0.1, 0.15) is 36.6 Å². The lowest BCUT2D eigenvalue weighted by molar-refractivity contribution is 0.0696. The first-order valence-electron chi connectivity index (χ1n) is 6.58. The Morgan fingerprint density at radius 3 is 2.09 bits per heavy atom. The van der Waals surface area contributed by atoms with Gasteiger partial charge in [0.25, 0.3) is 0 Å². The van der Waals surface area contributed by atoms with Crippen LogP contribution in [0, 0.1) is 0 Å². The van der Waals surface area contributed by atoms with Crippen LogP contribution in [0.5, 0.6) is 11.5 Å². The van der Waals surface area contributed by atoms with Gasteiger partial charge in [-0.1, -0.05) is 0 Å². The number of hydrogen-bond donors (Lipinski definition) is 3. The SMILES string of the molecule is O=C(O)c1ccc2c(c1)C(=O)/C(=C\c1cc(O)cc(O)c1)C2=O. The molecule has 0 aliphatic heterocycles. The summed E-state index contributed by atoms with van der Waals surface area (Å²) in [6.07, 6.45) is 1.25. The van der Waals surface area contributed by atoms with Crippen molar-refractivity contribution in [2.75, 3.05) is 0 Å². The Labute approximate surface area is 129 Å². The largest absolute Gasteiger partial charge is 0.508 e. The fourth-order valence-corrected chi connectivity index (χ4v) is 2.46. The van der Waals surface area contributed by atoms with Crippen molar-refractivity contribution in [3.05, 3.63) is 64.2 Å². The molecule has 0 radical (unpaired) electrons. The van der Waals surface area contributed by atoms with Crippen molar-refractivity contribution in [1.29, 1.82) is 0 Å². The number of benzene rings is 2. The van der Waals surface area contributed by atoms with E-state index in [0.29, 0.717) is 0 Å². The number of Topliss-reactive ketones (excluding diaryl/α,β-unsaturated/α-hetero) is 2. The molecule has 0 saturated heterocycles. The van der Waals surface area contributed by atoms with Crippen LogP contribution in [0.25, 0.3) is 6.08 Å². The smallest absolute Gasteiger partial charge is 0.335 e. The van der Waals surface area contributed by atoms with Gasteiger partial charge in [-0.25, -0.2) is 4.79 Å². The van der Waals surface area contributed by atoms with E-state index in [1.807, 2.05) is 0 Å². The molecule has 6 heteroatoms. The highest BCUT2D eigenvalue weighted by Crippen LogP contribution is 2.30. The average molecular weight is 310 g/mol. The van der Waals surface area contributed by atoms with Crippen molar-refractivity contribution in [2.45, 2.75) is 0 Å². The highest BCUT2D eigenvalue weighted by atomic mass is 16.4. The van der Waals surface area contributed by atoms with Crippen LogP contribution in [0.3, 0.4) is 0 Å². The van der Waals surface area contributed by atoms with Gasteiger partial charge in [-0.2, -0.15) is 0 Å². The predicted octanol–water partition coefficient (Wildman–Crippen LogP) is 2.26. The van der Waals surface area contributed by atoms with Gasteiger partial charge in [0, 0.05) is 17.2 Å². The van der Waals surface area contributed by atoms with Crippen LogP contribution in [0.15, 0.2) is 42.0 Å². The zero-order valence-electron chi connectivity index (χ0n) is 11.6. The van der Waals surface area contributed by atoms with Crippen molar-refractivity contribution in [3.63, 3.8) is 0 Å². The summed E-state index contributed by atoms with van der Waals surface area (Å²) in [5.41, 5.74) is 0.223. The number of hydrogen-bond acceptors (Lipinski definition) is 5. The summed E-state index contributed by atoms with van der Waals surface area (Å²) in [5.74, 6) is -2.72. The van der Waals surface area contributed by atoms with E-state index in [4.69, 9.17) is 5.11 Å². The summed E-state index contributed by atoms with van der Waals surface area (Å²) in [5, 5.41) is 27.9. The lowest BCUT2D eigenvalue weighted by atomic mass is 10.1. The highest BCUT2D eigenvalue weighted by Gasteiger charge is 2.33. The Kier molecular flexibility index (Phi) is 3.22. The standard InChI is InChI=1S/C17H10O6/c18-10-3-8(4-11(19)7-10)5-14-15(20)12-2-1-9(17(22)23)6-13(12)16(14)21/h1-7,18-19H,(H,22,23)/b14-5-. The predicted molar refractivity (Wildman–Crippen MR) is 79.8 cm³/mol. The Hall–Kier alpha value is -3.41. The monoisotopic (exact) mass is 310 g/mol. The first-order chi connectivity index (χ1) is 10.9. The molecule has 3 N–H and O–H groups in total. The molecule has 0 spiro atoms. The van der Waals surface area contributed by atoms with Crippen LogP contribution >= 0.6 is 0 Å². The molecule has 0 saturated carbocycles. The molecule has 2 aromatic rings. The number of phenolic OH excluding ortho intramolecular Hbond substituents is 2. The minimum Gasteiger partial charge on any atom is -0.508 e. The second kappa shape index (κ2) is 5.10. The number of allylic oxidation sites excluding steroid dienone is 1. The van der Waals surface area contributed by atoms with Crippen molar-refractivity contribution >= 4 is 23.6 Å². The van der Waals surface area contributed by atoms with Crippen molar-refractivity contribution in [2.24, 2.45) is 0 Å². The van der Waals surface area contributed by atoms with Crippen LogP contribution in [0.4, 0.5) is 0 Å². The second-order valence-corrected chi connectivity index (χ2v) is 5.06. The number of carboxylic acid groups (broad SMARTS) is 1. The van der Waals surface area contributed by atoms with E-state index < -0.39 is 17.5 Å². The fraction of sp³-hybridized carbons (Fsp3) is 0. The Morgan fingerprint density at radius 2 is 1.48 bits per heavy atom. The van der Waals surface area contributed by atoms with E-state index in [1.165, 1.54) is 36.4 Å². The van der Waals surface area contributed by atoms with Gasteiger partial charge in [-0.15, -0.1) is 0 Å². The summed E-state index contributed by atoms with van der Waals surface area (Å²) >= 11 is 0. The van der Waals surface area contributed by atoms with Crippen LogP contribution in [-0.2, 0) is 0 Å². The molecular weight excluding hydrogens is 300 g/mol. The molecule has 114 valence electrons. The van der Waals surface area contributed by atoms with E-state index in [0.717, 1.165) is 6.07 Å². The number of aromatic hydroxyl groups is 2. The van der Waals surface area contributed by atoms with Crippen LogP contribution < -0.4 is 0 Å². The number of fused-ring (bicyclic) bond motifs is 1. The Bertz CT molecular complexity index is 887. The van der Waals surface area contributed by atoms with Gasteiger partial charge < -0.3 is 15.3 Å². The van der Waals surface area contributed by atoms with Gasteiger partial charge >= 0.3 is 5.97 Å². The molecule has 1 aliphatic rings. The number of carbonyl (C=O) groups is 3. The third-order valence-corrected chi connectivity index (χ3v) is 3.48. The normalized spacial score (nSPS) is 15.0. The zero-order chi connectivity index (χ0) is 16.7.